The summed E-state index contributed by atoms with van der Waals surface area (Å²) in [5.41, 5.74) is 7.69. The average molecular weight is 661 g/mol. The van der Waals surface area contributed by atoms with E-state index in [1.54, 1.807) is 0 Å². The van der Waals surface area contributed by atoms with Gasteiger partial charge in [0.1, 0.15) is 11.5 Å². The van der Waals surface area contributed by atoms with Crippen molar-refractivity contribution >= 4 is 43.1 Å². The molecule has 7 rings (SSSR count). The molecule has 0 aliphatic heterocycles. The zero-order chi connectivity index (χ0) is 36.3. The van der Waals surface area contributed by atoms with Gasteiger partial charge in [-0.05, 0) is 111 Å². The molecule has 0 atom stereocenters. The zero-order valence-corrected chi connectivity index (χ0v) is 32.0. The number of benzene rings is 7. The summed E-state index contributed by atoms with van der Waals surface area (Å²) in [5, 5.41) is 33.0. The normalized spacial score (nSPS) is 13.4. The molecule has 0 heterocycles. The lowest BCUT2D eigenvalue weighted by molar-refractivity contribution is 0.422. The first-order chi connectivity index (χ1) is 23.2. The number of aromatic hydroxyl groups is 2. The van der Waals surface area contributed by atoms with Crippen molar-refractivity contribution in [3.8, 4) is 33.8 Å². The summed E-state index contributed by atoms with van der Waals surface area (Å²) in [4.78, 5) is 0. The molecule has 0 aliphatic rings. The lowest BCUT2D eigenvalue weighted by Crippen LogP contribution is -2.17. The molecule has 0 aromatic heterocycles. The highest BCUT2D eigenvalue weighted by atomic mass is 16.3. The summed E-state index contributed by atoms with van der Waals surface area (Å²) in [6, 6.07) is 31.4. The molecule has 0 saturated carbocycles. The van der Waals surface area contributed by atoms with Gasteiger partial charge in [0, 0.05) is 22.3 Å². The van der Waals surface area contributed by atoms with Crippen LogP contribution < -0.4 is 0 Å². The van der Waals surface area contributed by atoms with Crippen molar-refractivity contribution in [1.82, 2.24) is 0 Å². The van der Waals surface area contributed by atoms with Crippen molar-refractivity contribution in [3.63, 3.8) is 0 Å². The fourth-order valence-corrected chi connectivity index (χ4v) is 8.08. The van der Waals surface area contributed by atoms with Crippen molar-refractivity contribution < 1.29 is 10.2 Å². The number of hydrogen-bond acceptors (Lipinski definition) is 2. The molecule has 0 aliphatic carbocycles. The molecule has 2 heteroatoms. The van der Waals surface area contributed by atoms with Crippen LogP contribution in [0.3, 0.4) is 0 Å². The van der Waals surface area contributed by atoms with E-state index in [9.17, 15) is 10.2 Å². The minimum Gasteiger partial charge on any atom is -0.507 e. The molecular formula is C48H52O2. The van der Waals surface area contributed by atoms with Gasteiger partial charge in [-0.15, -0.1) is 0 Å². The molecule has 0 bridgehead atoms. The van der Waals surface area contributed by atoms with Gasteiger partial charge in [0.2, 0.25) is 0 Å². The summed E-state index contributed by atoms with van der Waals surface area (Å²) in [7, 11) is 0. The van der Waals surface area contributed by atoms with Crippen molar-refractivity contribution in [3.05, 3.63) is 107 Å². The number of rotatable bonds is 2. The van der Waals surface area contributed by atoms with Gasteiger partial charge in [-0.25, -0.2) is 0 Å². The number of hydrogen-bond donors (Lipinski definition) is 2. The molecule has 0 amide bonds. The lowest BCUT2D eigenvalue weighted by Gasteiger charge is -2.29. The summed E-state index contributed by atoms with van der Waals surface area (Å²) in [6.07, 6.45) is 0. The van der Waals surface area contributed by atoms with Gasteiger partial charge in [-0.1, -0.05) is 144 Å². The number of phenolic OH excluding ortho intramolecular Hbond substituents is 2. The maximum atomic E-state index is 11.5. The quantitative estimate of drug-likeness (QED) is 0.143. The van der Waals surface area contributed by atoms with Crippen LogP contribution in [0.25, 0.3) is 65.3 Å². The Morgan fingerprint density at radius 3 is 0.880 bits per heavy atom. The third kappa shape index (κ3) is 5.31. The molecule has 0 fully saturated rings. The van der Waals surface area contributed by atoms with Crippen molar-refractivity contribution in [2.75, 3.05) is 0 Å². The third-order valence-electron chi connectivity index (χ3n) is 10.7. The Balaban J connectivity index is 1.54. The predicted octanol–water partition coefficient (Wildman–Crippen LogP) is 13.7. The molecule has 256 valence electrons. The molecule has 7 aromatic rings. The number of phenols is 2. The topological polar surface area (TPSA) is 40.5 Å². The van der Waals surface area contributed by atoms with Crippen LogP contribution in [0.15, 0.2) is 84.9 Å². The minimum absolute atomic E-state index is 0.211. The molecule has 50 heavy (non-hydrogen) atoms. The molecule has 0 spiro atoms. The van der Waals surface area contributed by atoms with Crippen LogP contribution in [0.1, 0.15) is 105 Å². The van der Waals surface area contributed by atoms with Crippen molar-refractivity contribution in [2.24, 2.45) is 0 Å². The molecule has 7 aromatic carbocycles. The highest BCUT2D eigenvalue weighted by Crippen LogP contribution is 2.49. The molecule has 2 N–H and O–H groups in total. The van der Waals surface area contributed by atoms with Gasteiger partial charge in [-0.3, -0.25) is 0 Å². The van der Waals surface area contributed by atoms with E-state index in [1.807, 2.05) is 0 Å². The molecule has 2 nitrogen and oxygen atoms in total. The first-order valence-electron chi connectivity index (χ1n) is 18.1. The van der Waals surface area contributed by atoms with Crippen LogP contribution in [0, 0.1) is 0 Å². The Kier molecular flexibility index (Phi) is 7.44. The predicted molar refractivity (Wildman–Crippen MR) is 217 cm³/mol. The summed E-state index contributed by atoms with van der Waals surface area (Å²) in [5.74, 6) is 0.816. The van der Waals surface area contributed by atoms with E-state index in [4.69, 9.17) is 0 Å². The van der Waals surface area contributed by atoms with Crippen molar-refractivity contribution in [2.45, 2.75) is 105 Å². The summed E-state index contributed by atoms with van der Waals surface area (Å²) < 4.78 is 0. The smallest absolute Gasteiger partial charge is 0.123 e. The maximum Gasteiger partial charge on any atom is 0.123 e. The fourth-order valence-electron chi connectivity index (χ4n) is 8.08. The number of fused-ring (bicyclic) bond motifs is 2. The van der Waals surface area contributed by atoms with Crippen LogP contribution in [-0.2, 0) is 21.7 Å². The monoisotopic (exact) mass is 660 g/mol. The zero-order valence-electron chi connectivity index (χ0n) is 32.0. The van der Waals surface area contributed by atoms with Gasteiger partial charge in [0.25, 0.3) is 0 Å². The van der Waals surface area contributed by atoms with Gasteiger partial charge in [-0.2, -0.15) is 0 Å². The van der Waals surface area contributed by atoms with Crippen LogP contribution in [-0.4, -0.2) is 10.2 Å². The van der Waals surface area contributed by atoms with E-state index in [2.05, 4.69) is 168 Å². The summed E-state index contributed by atoms with van der Waals surface area (Å²) >= 11 is 0. The standard InChI is InChI=1S/C48H52O2/c1-45(2,3)37-23-27(24-38(43(37)49)46(4,5)6)29-19-21-35-36-22-20-30(28-25-39(47(7,8)9)44(50)40(26-28)48(10,11)12)32-16-14-18-34(42(32)36)33-17-13-15-31(29)41(33)35/h13-26,49-50H,1-12H3. The second-order valence-electron chi connectivity index (χ2n) is 18.6. The molecule has 0 saturated heterocycles. The Bertz CT molecular complexity index is 2200. The van der Waals surface area contributed by atoms with Crippen molar-refractivity contribution in [1.29, 1.82) is 0 Å². The van der Waals surface area contributed by atoms with E-state index in [1.165, 1.54) is 54.2 Å². The van der Waals surface area contributed by atoms with E-state index in [0.29, 0.717) is 11.5 Å². The van der Waals surface area contributed by atoms with Crippen LogP contribution in [0.2, 0.25) is 0 Å². The molecular weight excluding hydrogens is 609 g/mol. The Labute approximate surface area is 298 Å². The van der Waals surface area contributed by atoms with E-state index in [-0.39, 0.29) is 21.7 Å². The Hall–Kier alpha value is -4.56. The van der Waals surface area contributed by atoms with Gasteiger partial charge in [0.05, 0.1) is 0 Å². The molecule has 0 radical (unpaired) electrons. The Morgan fingerprint density at radius 1 is 0.340 bits per heavy atom. The van der Waals surface area contributed by atoms with Crippen LogP contribution in [0.5, 0.6) is 11.5 Å². The first-order valence-corrected chi connectivity index (χ1v) is 18.1. The largest absolute Gasteiger partial charge is 0.507 e. The maximum absolute atomic E-state index is 11.5. The van der Waals surface area contributed by atoms with Gasteiger partial charge < -0.3 is 10.2 Å². The van der Waals surface area contributed by atoms with Gasteiger partial charge >= 0.3 is 0 Å². The van der Waals surface area contributed by atoms with E-state index < -0.39 is 0 Å². The highest BCUT2D eigenvalue weighted by Gasteiger charge is 2.29. The second kappa shape index (κ2) is 11.0. The van der Waals surface area contributed by atoms with Crippen LogP contribution in [0.4, 0.5) is 0 Å². The first kappa shape index (κ1) is 33.9. The van der Waals surface area contributed by atoms with Crippen LogP contribution >= 0.6 is 0 Å². The Morgan fingerprint density at radius 2 is 0.600 bits per heavy atom. The minimum atomic E-state index is -0.211. The lowest BCUT2D eigenvalue weighted by atomic mass is 9.77. The summed E-state index contributed by atoms with van der Waals surface area (Å²) in [6.45, 7) is 26.1. The van der Waals surface area contributed by atoms with Gasteiger partial charge in [0.15, 0.2) is 0 Å². The highest BCUT2D eigenvalue weighted by molar-refractivity contribution is 6.35. The third-order valence-corrected chi connectivity index (χ3v) is 10.7. The SMILES string of the molecule is CC(C)(C)c1cc(-c2ccc3c4ccc(-c5cc(C(C)(C)C)c(O)c(C(C)(C)C)c5)c5cccc(c6cccc2c63)c54)cc(C(C)(C)C)c1O. The average Bonchev–Trinajstić information content (AvgIpc) is 3.01. The second-order valence-corrected chi connectivity index (χ2v) is 18.6. The fraction of sp³-hybridized carbons (Fsp3) is 0.333. The molecule has 0 unspecified atom stereocenters. The van der Waals surface area contributed by atoms with E-state index >= 15 is 0 Å². The van der Waals surface area contributed by atoms with E-state index in [0.717, 1.165) is 33.4 Å².